The first-order chi connectivity index (χ1) is 19.8. The summed E-state index contributed by atoms with van der Waals surface area (Å²) in [6.45, 7) is 24.2. The molecule has 0 aromatic carbocycles. The van der Waals surface area contributed by atoms with Crippen LogP contribution in [0.3, 0.4) is 0 Å². The molecule has 6 unspecified atom stereocenters. The van der Waals surface area contributed by atoms with Gasteiger partial charge in [0.15, 0.2) is 0 Å². The summed E-state index contributed by atoms with van der Waals surface area (Å²) in [5, 5.41) is 7.35. The first-order valence-corrected chi connectivity index (χ1v) is 19.2. The summed E-state index contributed by atoms with van der Waals surface area (Å²) in [4.78, 5) is 0. The van der Waals surface area contributed by atoms with E-state index < -0.39 is 0 Å². The Kier molecular flexibility index (Phi) is 29.9. The van der Waals surface area contributed by atoms with Gasteiger partial charge in [-0.05, 0) is 113 Å². The van der Waals surface area contributed by atoms with Crippen LogP contribution in [0.25, 0.3) is 0 Å². The van der Waals surface area contributed by atoms with E-state index in [4.69, 9.17) is 0 Å². The van der Waals surface area contributed by atoms with Gasteiger partial charge in [-0.25, -0.2) is 0 Å². The van der Waals surface area contributed by atoms with Gasteiger partial charge in [0, 0.05) is 0 Å². The van der Waals surface area contributed by atoms with E-state index in [2.05, 4.69) is 66.0 Å². The van der Waals surface area contributed by atoms with Gasteiger partial charge < -0.3 is 10.6 Å². The minimum absolute atomic E-state index is 0.903. The molecule has 0 aliphatic carbocycles. The second kappa shape index (κ2) is 30.0. The maximum Gasteiger partial charge on any atom is -0.00489 e. The Morgan fingerprint density at radius 2 is 0.585 bits per heavy atom. The molecule has 0 aromatic heterocycles. The second-order valence-electron chi connectivity index (χ2n) is 15.1. The minimum atomic E-state index is 0.903. The number of rotatable bonds is 32. The van der Waals surface area contributed by atoms with Crippen LogP contribution in [0.2, 0.25) is 0 Å². The maximum atomic E-state index is 3.68. The Morgan fingerprint density at radius 3 is 0.927 bits per heavy atom. The van der Waals surface area contributed by atoms with Crippen LogP contribution in [0.15, 0.2) is 0 Å². The van der Waals surface area contributed by atoms with Gasteiger partial charge in [0.25, 0.3) is 0 Å². The summed E-state index contributed by atoms with van der Waals surface area (Å²) in [5.74, 6) is 5.45. The molecular weight excluding hydrogens is 496 g/mol. The van der Waals surface area contributed by atoms with E-state index in [1.165, 1.54) is 161 Å². The fourth-order valence-electron chi connectivity index (χ4n) is 6.98. The highest BCUT2D eigenvalue weighted by Gasteiger charge is 2.12. The normalized spacial score (nSPS) is 16.4. The molecule has 2 nitrogen and oxygen atoms in total. The van der Waals surface area contributed by atoms with Crippen molar-refractivity contribution in [3.63, 3.8) is 0 Å². The second-order valence-corrected chi connectivity index (χ2v) is 15.1. The zero-order valence-corrected chi connectivity index (χ0v) is 30.1. The average Bonchev–Trinajstić information content (AvgIpc) is 2.93. The van der Waals surface area contributed by atoms with Gasteiger partial charge in [-0.15, -0.1) is 0 Å². The van der Waals surface area contributed by atoms with Gasteiger partial charge >= 0.3 is 0 Å². The largest absolute Gasteiger partial charge is 0.317 e. The minimum Gasteiger partial charge on any atom is -0.317 e. The molecule has 248 valence electrons. The van der Waals surface area contributed by atoms with Crippen LogP contribution in [-0.2, 0) is 0 Å². The van der Waals surface area contributed by atoms with Gasteiger partial charge in [0.1, 0.15) is 0 Å². The van der Waals surface area contributed by atoms with E-state index >= 15 is 0 Å². The van der Waals surface area contributed by atoms with Gasteiger partial charge in [-0.3, -0.25) is 0 Å². The molecule has 0 saturated carbocycles. The highest BCUT2D eigenvalue weighted by Crippen LogP contribution is 2.25. The fraction of sp³-hybridized carbons (Fsp3) is 1.00. The van der Waals surface area contributed by atoms with Crippen molar-refractivity contribution in [2.45, 2.75) is 190 Å². The van der Waals surface area contributed by atoms with Gasteiger partial charge in [-0.1, -0.05) is 139 Å². The first kappa shape index (κ1) is 40.9. The zero-order chi connectivity index (χ0) is 30.6. The molecular formula is C39H82N2. The van der Waals surface area contributed by atoms with Gasteiger partial charge in [0.05, 0.1) is 0 Å². The summed E-state index contributed by atoms with van der Waals surface area (Å²) < 4.78 is 0. The molecule has 0 saturated heterocycles. The fourth-order valence-corrected chi connectivity index (χ4v) is 6.98. The van der Waals surface area contributed by atoms with Crippen LogP contribution in [0.5, 0.6) is 0 Å². The molecule has 0 aromatic rings. The summed E-state index contributed by atoms with van der Waals surface area (Å²) in [6, 6.07) is 0. The van der Waals surface area contributed by atoms with Crippen LogP contribution < -0.4 is 10.6 Å². The van der Waals surface area contributed by atoms with E-state index in [1.807, 2.05) is 0 Å². The molecule has 2 N–H and O–H groups in total. The Bertz CT molecular complexity index is 462. The summed E-state index contributed by atoms with van der Waals surface area (Å²) >= 11 is 0. The van der Waals surface area contributed by atoms with Crippen LogP contribution >= 0.6 is 0 Å². The highest BCUT2D eigenvalue weighted by molar-refractivity contribution is 4.65. The third kappa shape index (κ3) is 29.8. The Labute approximate surface area is 262 Å². The van der Waals surface area contributed by atoms with Crippen molar-refractivity contribution < 1.29 is 0 Å². The quantitative estimate of drug-likeness (QED) is 0.0776. The zero-order valence-electron chi connectivity index (χ0n) is 30.1. The smallest absolute Gasteiger partial charge is 0.00489 e. The summed E-state index contributed by atoms with van der Waals surface area (Å²) in [5.41, 5.74) is 0. The molecule has 41 heavy (non-hydrogen) atoms. The SMILES string of the molecule is CCC(C)CC(C)CC(C)CCCCCCCNCCCCCNCCCCCCCC(C)CC(C)CC(C)CC. The molecule has 0 aliphatic heterocycles. The third-order valence-electron chi connectivity index (χ3n) is 9.92. The van der Waals surface area contributed by atoms with Crippen LogP contribution in [0, 0.1) is 35.5 Å². The monoisotopic (exact) mass is 579 g/mol. The van der Waals surface area contributed by atoms with Crippen LogP contribution in [0.4, 0.5) is 0 Å². The van der Waals surface area contributed by atoms with Crippen LogP contribution in [-0.4, -0.2) is 26.2 Å². The lowest BCUT2D eigenvalue weighted by Crippen LogP contribution is -2.18. The molecule has 0 spiro atoms. The van der Waals surface area contributed by atoms with Crippen molar-refractivity contribution >= 4 is 0 Å². The van der Waals surface area contributed by atoms with E-state index in [0.717, 1.165) is 35.5 Å². The molecule has 0 amide bonds. The summed E-state index contributed by atoms with van der Waals surface area (Å²) in [6.07, 6.45) is 29.5. The predicted molar refractivity (Wildman–Crippen MR) is 189 cm³/mol. The Morgan fingerprint density at radius 1 is 0.317 bits per heavy atom. The molecule has 6 atom stereocenters. The molecule has 0 heterocycles. The van der Waals surface area contributed by atoms with Crippen molar-refractivity contribution in [2.75, 3.05) is 26.2 Å². The molecule has 0 fully saturated rings. The number of unbranched alkanes of at least 4 members (excludes halogenated alkanes) is 10. The van der Waals surface area contributed by atoms with Gasteiger partial charge in [-0.2, -0.15) is 0 Å². The van der Waals surface area contributed by atoms with E-state index in [9.17, 15) is 0 Å². The lowest BCUT2D eigenvalue weighted by atomic mass is 9.86. The van der Waals surface area contributed by atoms with Crippen molar-refractivity contribution in [2.24, 2.45) is 35.5 Å². The standard InChI is InChI=1S/C39H82N2/c1-9-34(3)30-38(7)32-36(5)24-18-13-11-15-20-26-40-28-22-17-23-29-41-27-21-16-12-14-19-25-37(6)33-39(8)31-35(4)10-2/h34-41H,9-33H2,1-8H3. The first-order valence-electron chi connectivity index (χ1n) is 19.2. The van der Waals surface area contributed by atoms with Crippen molar-refractivity contribution in [3.8, 4) is 0 Å². The molecule has 0 radical (unpaired) electrons. The van der Waals surface area contributed by atoms with E-state index in [1.54, 1.807) is 0 Å². The third-order valence-corrected chi connectivity index (χ3v) is 9.92. The van der Waals surface area contributed by atoms with Gasteiger partial charge in [0.2, 0.25) is 0 Å². The van der Waals surface area contributed by atoms with Crippen LogP contribution in [0.1, 0.15) is 190 Å². The average molecular weight is 579 g/mol. The Hall–Kier alpha value is -0.0800. The van der Waals surface area contributed by atoms with Crippen molar-refractivity contribution in [1.29, 1.82) is 0 Å². The number of hydrogen-bond acceptors (Lipinski definition) is 2. The topological polar surface area (TPSA) is 24.1 Å². The molecule has 0 bridgehead atoms. The van der Waals surface area contributed by atoms with E-state index in [0.29, 0.717) is 0 Å². The lowest BCUT2D eigenvalue weighted by molar-refractivity contribution is 0.324. The maximum absolute atomic E-state index is 3.68. The number of nitrogens with one attached hydrogen (secondary N) is 2. The highest BCUT2D eigenvalue weighted by atomic mass is 14.8. The molecule has 0 aliphatic rings. The van der Waals surface area contributed by atoms with Crippen molar-refractivity contribution in [1.82, 2.24) is 10.6 Å². The van der Waals surface area contributed by atoms with Crippen molar-refractivity contribution in [3.05, 3.63) is 0 Å². The lowest BCUT2D eigenvalue weighted by Gasteiger charge is -2.20. The Balaban J connectivity index is 3.28. The number of hydrogen-bond donors (Lipinski definition) is 2. The van der Waals surface area contributed by atoms with E-state index in [-0.39, 0.29) is 0 Å². The predicted octanol–water partition coefficient (Wildman–Crippen LogP) is 12.2. The molecule has 2 heteroatoms. The molecule has 0 rings (SSSR count). The summed E-state index contributed by atoms with van der Waals surface area (Å²) in [7, 11) is 0.